The van der Waals surface area contributed by atoms with Crippen molar-refractivity contribution in [3.05, 3.63) is 34.8 Å². The number of aromatic nitrogens is 1. The molecule has 0 spiro atoms. The molecule has 0 aliphatic carbocycles. The van der Waals surface area contributed by atoms with Crippen LogP contribution >= 0.6 is 11.3 Å². The molecule has 0 bridgehead atoms. The summed E-state index contributed by atoms with van der Waals surface area (Å²) in [6.07, 6.45) is 0. The molecule has 3 rings (SSSR count). The molecule has 1 aromatic heterocycles. The zero-order chi connectivity index (χ0) is 17.1. The maximum atomic E-state index is 12.2. The first kappa shape index (κ1) is 16.7. The van der Waals surface area contributed by atoms with Crippen LogP contribution in [-0.2, 0) is 4.79 Å². The van der Waals surface area contributed by atoms with Gasteiger partial charge in [-0.3, -0.25) is 9.69 Å². The molecule has 2 heterocycles. The first-order valence-corrected chi connectivity index (χ1v) is 8.84. The lowest BCUT2D eigenvalue weighted by molar-refractivity contribution is -0.117. The van der Waals surface area contributed by atoms with Crippen molar-refractivity contribution in [3.8, 4) is 5.75 Å². The quantitative estimate of drug-likeness (QED) is 0.888. The topological polar surface area (TPSA) is 68.7 Å². The Morgan fingerprint density at radius 2 is 1.96 bits per heavy atom. The summed E-state index contributed by atoms with van der Waals surface area (Å²) in [5, 5.41) is 13.5. The number of aromatic hydroxyl groups is 1. The average molecular weight is 346 g/mol. The number of phenols is 1. The Labute approximate surface area is 145 Å². The van der Waals surface area contributed by atoms with Crippen LogP contribution in [0.4, 0.5) is 10.8 Å². The summed E-state index contributed by atoms with van der Waals surface area (Å²) in [5.41, 5.74) is 1.82. The summed E-state index contributed by atoms with van der Waals surface area (Å²) in [4.78, 5) is 21.9. The molecule has 1 amide bonds. The SMILES string of the molecule is Cc1nc(NC(=O)CN2CCN(c3ccccc3O)CC2)sc1C. The minimum Gasteiger partial charge on any atom is -0.506 e. The van der Waals surface area contributed by atoms with Crippen LogP contribution in [-0.4, -0.2) is 53.6 Å². The summed E-state index contributed by atoms with van der Waals surface area (Å²) >= 11 is 1.51. The minimum atomic E-state index is -0.0280. The van der Waals surface area contributed by atoms with Gasteiger partial charge in [0, 0.05) is 31.1 Å². The van der Waals surface area contributed by atoms with Gasteiger partial charge < -0.3 is 15.3 Å². The average Bonchev–Trinajstić information content (AvgIpc) is 2.86. The summed E-state index contributed by atoms with van der Waals surface area (Å²) in [6, 6.07) is 7.37. The third-order valence-corrected chi connectivity index (χ3v) is 5.23. The monoisotopic (exact) mass is 346 g/mol. The highest BCUT2D eigenvalue weighted by Gasteiger charge is 2.21. The Morgan fingerprint density at radius 3 is 2.58 bits per heavy atom. The van der Waals surface area contributed by atoms with Crippen LogP contribution < -0.4 is 10.2 Å². The van der Waals surface area contributed by atoms with Crippen LogP contribution in [0.5, 0.6) is 5.75 Å². The number of nitrogens with one attached hydrogen (secondary N) is 1. The molecule has 0 saturated carbocycles. The molecular weight excluding hydrogens is 324 g/mol. The third kappa shape index (κ3) is 3.85. The number of hydrogen-bond donors (Lipinski definition) is 2. The number of amides is 1. The van der Waals surface area contributed by atoms with Gasteiger partial charge in [0.1, 0.15) is 5.75 Å². The first-order valence-electron chi connectivity index (χ1n) is 8.02. The number of anilines is 2. The molecule has 1 saturated heterocycles. The van der Waals surface area contributed by atoms with E-state index >= 15 is 0 Å². The van der Waals surface area contributed by atoms with Crippen molar-refractivity contribution in [2.75, 3.05) is 42.9 Å². The molecule has 2 N–H and O–H groups in total. The molecule has 0 atom stereocenters. The van der Waals surface area contributed by atoms with E-state index in [-0.39, 0.29) is 5.91 Å². The number of hydrogen-bond acceptors (Lipinski definition) is 6. The zero-order valence-corrected chi connectivity index (χ0v) is 14.8. The molecule has 7 heteroatoms. The van der Waals surface area contributed by atoms with Crippen molar-refractivity contribution in [2.24, 2.45) is 0 Å². The second kappa shape index (κ2) is 7.19. The van der Waals surface area contributed by atoms with E-state index in [1.807, 2.05) is 32.0 Å². The van der Waals surface area contributed by atoms with E-state index in [2.05, 4.69) is 20.1 Å². The normalized spacial score (nSPS) is 15.5. The van der Waals surface area contributed by atoms with Gasteiger partial charge >= 0.3 is 0 Å². The van der Waals surface area contributed by atoms with Crippen LogP contribution in [0.25, 0.3) is 0 Å². The molecule has 1 aliphatic heterocycles. The number of carbonyl (C=O) groups excluding carboxylic acids is 1. The lowest BCUT2D eigenvalue weighted by Gasteiger charge is -2.35. The van der Waals surface area contributed by atoms with Crippen molar-refractivity contribution < 1.29 is 9.90 Å². The van der Waals surface area contributed by atoms with Crippen molar-refractivity contribution in [1.82, 2.24) is 9.88 Å². The van der Waals surface area contributed by atoms with Crippen molar-refractivity contribution in [2.45, 2.75) is 13.8 Å². The number of rotatable bonds is 4. The highest BCUT2D eigenvalue weighted by atomic mass is 32.1. The number of carbonyl (C=O) groups is 1. The van der Waals surface area contributed by atoms with Crippen LogP contribution in [0.15, 0.2) is 24.3 Å². The zero-order valence-electron chi connectivity index (χ0n) is 14.0. The van der Waals surface area contributed by atoms with Crippen LogP contribution in [0.3, 0.4) is 0 Å². The smallest absolute Gasteiger partial charge is 0.240 e. The predicted molar refractivity (Wildman–Crippen MR) is 97.0 cm³/mol. The van der Waals surface area contributed by atoms with E-state index in [9.17, 15) is 9.90 Å². The summed E-state index contributed by atoms with van der Waals surface area (Å²) < 4.78 is 0. The fourth-order valence-corrected chi connectivity index (χ4v) is 3.60. The van der Waals surface area contributed by atoms with Gasteiger partial charge in [0.05, 0.1) is 17.9 Å². The van der Waals surface area contributed by atoms with Gasteiger partial charge in [0.25, 0.3) is 0 Å². The van der Waals surface area contributed by atoms with Crippen molar-refractivity contribution in [1.29, 1.82) is 0 Å². The van der Waals surface area contributed by atoms with Gasteiger partial charge in [-0.2, -0.15) is 0 Å². The molecular formula is C17H22N4O2S. The number of nitrogens with zero attached hydrogens (tertiary/aromatic N) is 3. The molecule has 24 heavy (non-hydrogen) atoms. The van der Waals surface area contributed by atoms with Crippen molar-refractivity contribution in [3.63, 3.8) is 0 Å². The van der Waals surface area contributed by atoms with E-state index in [4.69, 9.17) is 0 Å². The minimum absolute atomic E-state index is 0.0280. The maximum absolute atomic E-state index is 12.2. The van der Waals surface area contributed by atoms with Gasteiger partial charge in [-0.15, -0.1) is 11.3 Å². The lowest BCUT2D eigenvalue weighted by atomic mass is 10.2. The molecule has 1 fully saturated rings. The highest BCUT2D eigenvalue weighted by Crippen LogP contribution is 2.27. The Balaban J connectivity index is 1.50. The van der Waals surface area contributed by atoms with Crippen LogP contribution in [0, 0.1) is 13.8 Å². The number of piperazine rings is 1. The highest BCUT2D eigenvalue weighted by molar-refractivity contribution is 7.15. The molecule has 1 aliphatic rings. The second-order valence-corrected chi connectivity index (χ2v) is 7.16. The summed E-state index contributed by atoms with van der Waals surface area (Å²) in [6.45, 7) is 7.48. The molecule has 128 valence electrons. The molecule has 6 nitrogen and oxygen atoms in total. The predicted octanol–water partition coefficient (Wildman–Crippen LogP) is 2.23. The molecule has 1 aromatic carbocycles. The third-order valence-electron chi connectivity index (χ3n) is 4.24. The van der Waals surface area contributed by atoms with Gasteiger partial charge in [0.15, 0.2) is 5.13 Å². The van der Waals surface area contributed by atoms with Gasteiger partial charge in [-0.25, -0.2) is 4.98 Å². The number of thiazole rings is 1. The lowest BCUT2D eigenvalue weighted by Crippen LogP contribution is -2.48. The van der Waals surface area contributed by atoms with Crippen LogP contribution in [0.1, 0.15) is 10.6 Å². The Morgan fingerprint density at radius 1 is 1.25 bits per heavy atom. The van der Waals surface area contributed by atoms with E-state index < -0.39 is 0 Å². The van der Waals surface area contributed by atoms with Gasteiger partial charge in [-0.1, -0.05) is 12.1 Å². The van der Waals surface area contributed by atoms with E-state index in [0.29, 0.717) is 17.4 Å². The molecule has 0 radical (unpaired) electrons. The number of para-hydroxylation sites is 2. The first-order chi connectivity index (χ1) is 11.5. The van der Waals surface area contributed by atoms with E-state index in [1.54, 1.807) is 6.07 Å². The Bertz CT molecular complexity index is 704. The maximum Gasteiger partial charge on any atom is 0.240 e. The number of phenolic OH excluding ortho intramolecular Hbond substituents is 1. The Hall–Kier alpha value is -2.12. The van der Waals surface area contributed by atoms with E-state index in [1.165, 1.54) is 11.3 Å². The summed E-state index contributed by atoms with van der Waals surface area (Å²) in [5.74, 6) is 0.276. The largest absolute Gasteiger partial charge is 0.506 e. The van der Waals surface area contributed by atoms with Gasteiger partial charge in [0.2, 0.25) is 5.91 Å². The fourth-order valence-electron chi connectivity index (χ4n) is 2.77. The second-order valence-electron chi connectivity index (χ2n) is 5.96. The van der Waals surface area contributed by atoms with Crippen molar-refractivity contribution >= 4 is 28.1 Å². The summed E-state index contributed by atoms with van der Waals surface area (Å²) in [7, 11) is 0. The number of benzene rings is 1. The standard InChI is InChI=1S/C17H22N4O2S/c1-12-13(2)24-17(18-12)19-16(23)11-20-7-9-21(10-8-20)14-5-3-4-6-15(14)22/h3-6,22H,7-11H2,1-2H3,(H,18,19,23). The molecule has 2 aromatic rings. The Kier molecular flexibility index (Phi) is 5.01. The number of aryl methyl sites for hydroxylation is 2. The van der Waals surface area contributed by atoms with Gasteiger partial charge in [-0.05, 0) is 26.0 Å². The molecule has 0 unspecified atom stereocenters. The fraction of sp³-hybridized carbons (Fsp3) is 0.412. The van der Waals surface area contributed by atoms with Crippen LogP contribution in [0.2, 0.25) is 0 Å². The van der Waals surface area contributed by atoms with E-state index in [0.717, 1.165) is 42.4 Å².